The lowest BCUT2D eigenvalue weighted by Gasteiger charge is -2.20. The van der Waals surface area contributed by atoms with E-state index in [9.17, 15) is 4.79 Å². The number of unbranched alkanes of at least 4 members (excludes halogenated alkanes) is 1. The average Bonchev–Trinajstić information content (AvgIpc) is 2.66. The number of urea groups is 1. The van der Waals surface area contributed by atoms with Crippen LogP contribution in [0, 0.1) is 0 Å². The standard InChI is InChI=1S/C14H28N2O2/c1-2-3-12-18-13-8-9-15-14(17)16-10-6-4-5-7-11-16/h2-13H2,1H3,(H,15,17). The molecule has 1 rings (SSSR count). The van der Waals surface area contributed by atoms with E-state index in [1.54, 1.807) is 0 Å². The Hall–Kier alpha value is -0.770. The van der Waals surface area contributed by atoms with E-state index in [0.717, 1.165) is 58.5 Å². The van der Waals surface area contributed by atoms with Crippen molar-refractivity contribution in [3.05, 3.63) is 0 Å². The van der Waals surface area contributed by atoms with E-state index in [1.807, 2.05) is 4.90 Å². The van der Waals surface area contributed by atoms with Crippen molar-refractivity contribution in [2.24, 2.45) is 0 Å². The number of carbonyl (C=O) groups excluding carboxylic acids is 1. The Labute approximate surface area is 111 Å². The molecule has 1 aliphatic heterocycles. The van der Waals surface area contributed by atoms with Crippen LogP contribution in [-0.4, -0.2) is 43.8 Å². The van der Waals surface area contributed by atoms with E-state index < -0.39 is 0 Å². The minimum atomic E-state index is 0.102. The van der Waals surface area contributed by atoms with Gasteiger partial charge in [-0.3, -0.25) is 0 Å². The Morgan fingerprint density at radius 1 is 1.11 bits per heavy atom. The van der Waals surface area contributed by atoms with Crippen molar-refractivity contribution >= 4 is 6.03 Å². The van der Waals surface area contributed by atoms with Crippen molar-refractivity contribution in [3.8, 4) is 0 Å². The van der Waals surface area contributed by atoms with Crippen LogP contribution in [0.3, 0.4) is 0 Å². The Morgan fingerprint density at radius 3 is 2.44 bits per heavy atom. The summed E-state index contributed by atoms with van der Waals surface area (Å²) in [6.07, 6.45) is 8.01. The number of ether oxygens (including phenoxy) is 1. The number of likely N-dealkylation sites (tertiary alicyclic amines) is 1. The molecule has 4 heteroatoms. The molecule has 0 aliphatic carbocycles. The third-order valence-corrected chi connectivity index (χ3v) is 3.28. The van der Waals surface area contributed by atoms with Crippen LogP contribution in [0.1, 0.15) is 51.9 Å². The first-order chi connectivity index (χ1) is 8.84. The lowest BCUT2D eigenvalue weighted by Crippen LogP contribution is -2.41. The summed E-state index contributed by atoms with van der Waals surface area (Å²) < 4.78 is 5.46. The molecule has 1 N–H and O–H groups in total. The van der Waals surface area contributed by atoms with Gasteiger partial charge in [0, 0.05) is 32.8 Å². The van der Waals surface area contributed by atoms with Gasteiger partial charge in [-0.25, -0.2) is 4.79 Å². The van der Waals surface area contributed by atoms with E-state index in [4.69, 9.17) is 4.74 Å². The molecule has 18 heavy (non-hydrogen) atoms. The molecule has 0 radical (unpaired) electrons. The van der Waals surface area contributed by atoms with E-state index in [0.29, 0.717) is 0 Å². The molecule has 0 aromatic rings. The molecule has 2 amide bonds. The highest BCUT2D eigenvalue weighted by molar-refractivity contribution is 5.74. The van der Waals surface area contributed by atoms with Crippen molar-refractivity contribution < 1.29 is 9.53 Å². The molecule has 0 bridgehead atoms. The summed E-state index contributed by atoms with van der Waals surface area (Å²) in [4.78, 5) is 13.8. The van der Waals surface area contributed by atoms with Gasteiger partial charge in [-0.2, -0.15) is 0 Å². The monoisotopic (exact) mass is 256 g/mol. The lowest BCUT2D eigenvalue weighted by atomic mass is 10.2. The molecular formula is C14H28N2O2. The normalized spacial score (nSPS) is 16.4. The van der Waals surface area contributed by atoms with Crippen molar-refractivity contribution in [3.63, 3.8) is 0 Å². The first kappa shape index (κ1) is 15.3. The van der Waals surface area contributed by atoms with E-state index in [2.05, 4.69) is 12.2 Å². The van der Waals surface area contributed by atoms with Crippen LogP contribution in [0.4, 0.5) is 4.79 Å². The second-order valence-corrected chi connectivity index (χ2v) is 4.95. The highest BCUT2D eigenvalue weighted by Crippen LogP contribution is 2.09. The lowest BCUT2D eigenvalue weighted by molar-refractivity contribution is 0.128. The van der Waals surface area contributed by atoms with Gasteiger partial charge in [0.15, 0.2) is 0 Å². The number of amides is 2. The molecule has 1 saturated heterocycles. The fourth-order valence-corrected chi connectivity index (χ4v) is 2.10. The molecule has 1 aliphatic rings. The molecule has 0 unspecified atom stereocenters. The zero-order valence-corrected chi connectivity index (χ0v) is 11.7. The fraction of sp³-hybridized carbons (Fsp3) is 0.929. The summed E-state index contributed by atoms with van der Waals surface area (Å²) in [7, 11) is 0. The Kier molecular flexibility index (Phi) is 8.65. The van der Waals surface area contributed by atoms with Gasteiger partial charge >= 0.3 is 6.03 Å². The molecule has 1 heterocycles. The topological polar surface area (TPSA) is 41.6 Å². The minimum Gasteiger partial charge on any atom is -0.381 e. The largest absolute Gasteiger partial charge is 0.381 e. The van der Waals surface area contributed by atoms with Gasteiger partial charge < -0.3 is 15.0 Å². The molecular weight excluding hydrogens is 228 g/mol. The number of rotatable bonds is 7. The minimum absolute atomic E-state index is 0.102. The summed E-state index contributed by atoms with van der Waals surface area (Å²) >= 11 is 0. The first-order valence-electron chi connectivity index (χ1n) is 7.45. The van der Waals surface area contributed by atoms with Gasteiger partial charge in [0.25, 0.3) is 0 Å². The average molecular weight is 256 g/mol. The number of hydrogen-bond acceptors (Lipinski definition) is 2. The summed E-state index contributed by atoms with van der Waals surface area (Å²) in [6.45, 7) is 6.31. The van der Waals surface area contributed by atoms with Gasteiger partial charge in [0.1, 0.15) is 0 Å². The third kappa shape index (κ3) is 6.84. The van der Waals surface area contributed by atoms with Crippen LogP contribution in [0.2, 0.25) is 0 Å². The zero-order valence-electron chi connectivity index (χ0n) is 11.7. The SMILES string of the molecule is CCCCOCCCNC(=O)N1CCCCCC1. The predicted molar refractivity (Wildman–Crippen MR) is 73.8 cm³/mol. The highest BCUT2D eigenvalue weighted by Gasteiger charge is 2.14. The van der Waals surface area contributed by atoms with Crippen molar-refractivity contribution in [2.45, 2.75) is 51.9 Å². The Bertz CT molecular complexity index is 214. The quantitative estimate of drug-likeness (QED) is 0.712. The van der Waals surface area contributed by atoms with E-state index >= 15 is 0 Å². The molecule has 1 fully saturated rings. The maximum Gasteiger partial charge on any atom is 0.317 e. The maximum atomic E-state index is 11.9. The van der Waals surface area contributed by atoms with Gasteiger partial charge in [-0.15, -0.1) is 0 Å². The number of hydrogen-bond donors (Lipinski definition) is 1. The zero-order chi connectivity index (χ0) is 13.1. The summed E-state index contributed by atoms with van der Waals surface area (Å²) in [6, 6.07) is 0.102. The molecule has 0 spiro atoms. The highest BCUT2D eigenvalue weighted by atomic mass is 16.5. The fourth-order valence-electron chi connectivity index (χ4n) is 2.10. The predicted octanol–water partition coefficient (Wildman–Crippen LogP) is 2.78. The van der Waals surface area contributed by atoms with Gasteiger partial charge in [-0.1, -0.05) is 26.2 Å². The molecule has 0 saturated carbocycles. The second-order valence-electron chi connectivity index (χ2n) is 4.95. The molecule has 106 valence electrons. The first-order valence-corrected chi connectivity index (χ1v) is 7.45. The molecule has 0 atom stereocenters. The smallest absolute Gasteiger partial charge is 0.317 e. The van der Waals surface area contributed by atoms with Crippen molar-refractivity contribution in [2.75, 3.05) is 32.8 Å². The molecule has 0 aromatic carbocycles. The van der Waals surface area contributed by atoms with Gasteiger partial charge in [-0.05, 0) is 25.7 Å². The van der Waals surface area contributed by atoms with Crippen molar-refractivity contribution in [1.29, 1.82) is 0 Å². The maximum absolute atomic E-state index is 11.9. The van der Waals surface area contributed by atoms with Crippen LogP contribution in [-0.2, 0) is 4.74 Å². The Morgan fingerprint density at radius 2 is 1.78 bits per heavy atom. The van der Waals surface area contributed by atoms with E-state index in [-0.39, 0.29) is 6.03 Å². The van der Waals surface area contributed by atoms with Gasteiger partial charge in [0.2, 0.25) is 0 Å². The van der Waals surface area contributed by atoms with Gasteiger partial charge in [0.05, 0.1) is 0 Å². The van der Waals surface area contributed by atoms with E-state index in [1.165, 1.54) is 19.3 Å². The molecule has 0 aromatic heterocycles. The van der Waals surface area contributed by atoms with Crippen LogP contribution in [0.15, 0.2) is 0 Å². The summed E-state index contributed by atoms with van der Waals surface area (Å²) in [5.74, 6) is 0. The molecule has 4 nitrogen and oxygen atoms in total. The number of nitrogens with one attached hydrogen (secondary N) is 1. The Balaban J connectivity index is 1.98. The summed E-state index contributed by atoms with van der Waals surface area (Å²) in [5.41, 5.74) is 0. The van der Waals surface area contributed by atoms with Crippen LogP contribution in [0.5, 0.6) is 0 Å². The second kappa shape index (κ2) is 10.2. The summed E-state index contributed by atoms with van der Waals surface area (Å²) in [5, 5.41) is 2.98. The third-order valence-electron chi connectivity index (χ3n) is 3.28. The number of nitrogens with zero attached hydrogens (tertiary/aromatic N) is 1. The van der Waals surface area contributed by atoms with Crippen LogP contribution < -0.4 is 5.32 Å². The van der Waals surface area contributed by atoms with Crippen molar-refractivity contribution in [1.82, 2.24) is 10.2 Å². The number of carbonyl (C=O) groups is 1. The van der Waals surface area contributed by atoms with Crippen LogP contribution in [0.25, 0.3) is 0 Å². The van der Waals surface area contributed by atoms with Crippen LogP contribution >= 0.6 is 0 Å².